The van der Waals surface area contributed by atoms with E-state index in [0.717, 1.165) is 33.8 Å². The van der Waals surface area contributed by atoms with Gasteiger partial charge in [-0.1, -0.05) is 97.7 Å². The summed E-state index contributed by atoms with van der Waals surface area (Å²) in [6, 6.07) is 29.3. The molecule has 1 atom stereocenters. The summed E-state index contributed by atoms with van der Waals surface area (Å²) in [6.45, 7) is 5.75. The molecule has 0 fully saturated rings. The lowest BCUT2D eigenvalue weighted by molar-refractivity contribution is -0.140. The van der Waals surface area contributed by atoms with Gasteiger partial charge in [0.25, 0.3) is 10.0 Å². The van der Waals surface area contributed by atoms with Crippen molar-refractivity contribution < 1.29 is 18.0 Å². The summed E-state index contributed by atoms with van der Waals surface area (Å²) in [6.07, 6.45) is 1.94. The van der Waals surface area contributed by atoms with Crippen molar-refractivity contribution in [2.24, 2.45) is 0 Å². The van der Waals surface area contributed by atoms with E-state index in [9.17, 15) is 18.0 Å². The molecule has 7 nitrogen and oxygen atoms in total. The fourth-order valence-electron chi connectivity index (χ4n) is 5.11. The lowest BCUT2D eigenvalue weighted by Crippen LogP contribution is -2.53. The Morgan fingerprint density at radius 3 is 2.18 bits per heavy atom. The summed E-state index contributed by atoms with van der Waals surface area (Å²) in [5.41, 5.74) is 3.55. The van der Waals surface area contributed by atoms with Crippen molar-refractivity contribution in [3.8, 4) is 0 Å². The molecular weight excluding hydrogens is 606 g/mol. The molecule has 0 spiro atoms. The summed E-state index contributed by atoms with van der Waals surface area (Å²) < 4.78 is 29.5. The van der Waals surface area contributed by atoms with Crippen LogP contribution in [-0.2, 0) is 32.6 Å². The number of nitrogens with zero attached hydrogens (tertiary/aromatic N) is 2. The first-order valence-corrected chi connectivity index (χ1v) is 16.9. The number of hydrogen-bond donors (Lipinski definition) is 1. The molecule has 0 heterocycles. The van der Waals surface area contributed by atoms with Gasteiger partial charge in [-0.15, -0.1) is 0 Å². The quantitative estimate of drug-likeness (QED) is 0.155. The molecule has 45 heavy (non-hydrogen) atoms. The van der Waals surface area contributed by atoms with E-state index in [-0.39, 0.29) is 23.8 Å². The van der Waals surface area contributed by atoms with Crippen molar-refractivity contribution in [3.05, 3.63) is 130 Å². The van der Waals surface area contributed by atoms with Gasteiger partial charge in [-0.25, -0.2) is 8.42 Å². The van der Waals surface area contributed by atoms with Crippen LogP contribution in [0.1, 0.15) is 42.0 Å². The number of anilines is 1. The Kier molecular flexibility index (Phi) is 11.8. The maximum absolute atomic E-state index is 14.6. The molecule has 0 bridgehead atoms. The Morgan fingerprint density at radius 2 is 1.51 bits per heavy atom. The highest BCUT2D eigenvalue weighted by Crippen LogP contribution is 2.29. The second kappa shape index (κ2) is 15.7. The summed E-state index contributed by atoms with van der Waals surface area (Å²) in [7, 11) is -4.16. The molecule has 0 aliphatic carbocycles. The Hall–Kier alpha value is -4.14. The number of halogens is 1. The molecule has 9 heteroatoms. The molecule has 0 aromatic heterocycles. The average Bonchev–Trinajstić information content (AvgIpc) is 3.03. The highest BCUT2D eigenvalue weighted by Gasteiger charge is 2.35. The third-order valence-corrected chi connectivity index (χ3v) is 9.60. The van der Waals surface area contributed by atoms with Crippen molar-refractivity contribution in [2.45, 2.75) is 57.5 Å². The topological polar surface area (TPSA) is 86.8 Å². The van der Waals surface area contributed by atoms with Gasteiger partial charge >= 0.3 is 0 Å². The minimum atomic E-state index is -4.16. The molecule has 236 valence electrons. The van der Waals surface area contributed by atoms with Crippen LogP contribution >= 0.6 is 11.6 Å². The van der Waals surface area contributed by atoms with Gasteiger partial charge in [-0.05, 0) is 72.9 Å². The zero-order valence-corrected chi connectivity index (χ0v) is 27.5. The predicted molar refractivity (Wildman–Crippen MR) is 181 cm³/mol. The van der Waals surface area contributed by atoms with Crippen molar-refractivity contribution in [1.29, 1.82) is 0 Å². The van der Waals surface area contributed by atoms with Gasteiger partial charge in [-0.2, -0.15) is 0 Å². The fourth-order valence-corrected chi connectivity index (χ4v) is 6.82. The number of rotatable bonds is 14. The number of hydrogen-bond acceptors (Lipinski definition) is 4. The highest BCUT2D eigenvalue weighted by atomic mass is 35.5. The fraction of sp³-hybridized carbons (Fsp3) is 0.278. The second-order valence-corrected chi connectivity index (χ2v) is 13.4. The minimum Gasteiger partial charge on any atom is -0.354 e. The third-order valence-electron chi connectivity index (χ3n) is 7.59. The van der Waals surface area contributed by atoms with Crippen molar-refractivity contribution >= 4 is 39.1 Å². The van der Waals surface area contributed by atoms with Crippen LogP contribution in [0.2, 0.25) is 5.02 Å². The number of nitrogens with one attached hydrogen (secondary N) is 1. The largest absolute Gasteiger partial charge is 0.354 e. The van der Waals surface area contributed by atoms with Crippen LogP contribution in [-0.4, -0.2) is 44.3 Å². The molecule has 4 aromatic carbocycles. The first-order valence-electron chi connectivity index (χ1n) is 15.1. The van der Waals surface area contributed by atoms with E-state index in [1.165, 1.54) is 17.0 Å². The summed E-state index contributed by atoms with van der Waals surface area (Å²) in [4.78, 5) is 30.0. The lowest BCUT2D eigenvalue weighted by atomic mass is 10.0. The van der Waals surface area contributed by atoms with Gasteiger partial charge < -0.3 is 10.2 Å². The van der Waals surface area contributed by atoms with E-state index < -0.39 is 28.5 Å². The van der Waals surface area contributed by atoms with Crippen molar-refractivity contribution in [3.63, 3.8) is 0 Å². The molecular formula is C36H40ClN3O4S. The zero-order chi connectivity index (χ0) is 32.4. The van der Waals surface area contributed by atoms with Crippen molar-refractivity contribution in [2.75, 3.05) is 17.4 Å². The standard InChI is InChI=1S/C36H40ClN3O4S/c1-4-5-21-38-36(42)34(24-29-13-8-6-9-14-29)39(25-30-15-12-16-31(37)23-30)35(41)26-40(33-22-27(2)19-20-28(33)3)45(43,44)32-17-10-7-11-18-32/h6-20,22-23,34H,4-5,21,24-26H2,1-3H3,(H,38,42). The van der Waals surface area contributed by atoms with E-state index in [4.69, 9.17) is 11.6 Å². The first-order chi connectivity index (χ1) is 21.6. The monoisotopic (exact) mass is 645 g/mol. The SMILES string of the molecule is CCCCNC(=O)C(Cc1ccccc1)N(Cc1cccc(Cl)c1)C(=O)CN(c1cc(C)ccc1C)S(=O)(=O)c1ccccc1. The molecule has 1 unspecified atom stereocenters. The van der Waals surface area contributed by atoms with Gasteiger partial charge in [0.15, 0.2) is 0 Å². The number of carbonyl (C=O) groups is 2. The van der Waals surface area contributed by atoms with Crippen LogP contribution in [0.5, 0.6) is 0 Å². The second-order valence-electron chi connectivity index (χ2n) is 11.1. The Labute approximate surface area is 271 Å². The summed E-state index contributed by atoms with van der Waals surface area (Å²) in [5.74, 6) is -0.811. The average molecular weight is 646 g/mol. The predicted octanol–water partition coefficient (Wildman–Crippen LogP) is 6.71. The molecule has 0 saturated heterocycles. The lowest BCUT2D eigenvalue weighted by Gasteiger charge is -2.34. The molecule has 0 aliphatic heterocycles. The maximum atomic E-state index is 14.6. The van der Waals surface area contributed by atoms with E-state index in [2.05, 4.69) is 5.32 Å². The minimum absolute atomic E-state index is 0.0596. The van der Waals surface area contributed by atoms with Crippen molar-refractivity contribution in [1.82, 2.24) is 10.2 Å². The van der Waals surface area contributed by atoms with Crippen LogP contribution in [0.4, 0.5) is 5.69 Å². The first kappa shape index (κ1) is 33.7. The molecule has 0 aliphatic rings. The van der Waals surface area contributed by atoms with Gasteiger partial charge in [0.2, 0.25) is 11.8 Å². The third kappa shape index (κ3) is 8.96. The van der Waals surface area contributed by atoms with E-state index in [1.807, 2.05) is 69.3 Å². The van der Waals surface area contributed by atoms with Gasteiger partial charge in [-0.3, -0.25) is 13.9 Å². The smallest absolute Gasteiger partial charge is 0.264 e. The van der Waals surface area contributed by atoms with E-state index in [1.54, 1.807) is 42.5 Å². The van der Waals surface area contributed by atoms with Gasteiger partial charge in [0, 0.05) is 24.5 Å². The number of aryl methyl sites for hydroxylation is 2. The van der Waals surface area contributed by atoms with Crippen LogP contribution in [0.25, 0.3) is 0 Å². The number of benzene rings is 4. The van der Waals surface area contributed by atoms with Crippen LogP contribution < -0.4 is 9.62 Å². The maximum Gasteiger partial charge on any atom is 0.264 e. The normalized spacial score (nSPS) is 11.9. The number of unbranched alkanes of at least 4 members (excludes halogenated alkanes) is 1. The Balaban J connectivity index is 1.81. The van der Waals surface area contributed by atoms with E-state index in [0.29, 0.717) is 22.8 Å². The molecule has 4 aromatic rings. The van der Waals surface area contributed by atoms with Crippen LogP contribution in [0.3, 0.4) is 0 Å². The number of carbonyl (C=O) groups excluding carboxylic acids is 2. The van der Waals surface area contributed by atoms with Crippen LogP contribution in [0, 0.1) is 13.8 Å². The summed E-state index contributed by atoms with van der Waals surface area (Å²) in [5, 5.41) is 3.50. The molecule has 4 rings (SSSR count). The number of amides is 2. The molecule has 0 radical (unpaired) electrons. The van der Waals surface area contributed by atoms with E-state index >= 15 is 0 Å². The van der Waals surface area contributed by atoms with Gasteiger partial charge in [0.05, 0.1) is 10.6 Å². The number of sulfonamides is 1. The Bertz CT molecular complexity index is 1700. The molecule has 2 amide bonds. The molecule has 0 saturated carbocycles. The van der Waals surface area contributed by atoms with Gasteiger partial charge in [0.1, 0.15) is 12.6 Å². The van der Waals surface area contributed by atoms with Crippen LogP contribution in [0.15, 0.2) is 108 Å². The molecule has 1 N–H and O–H groups in total. The Morgan fingerprint density at radius 1 is 0.844 bits per heavy atom. The highest BCUT2D eigenvalue weighted by molar-refractivity contribution is 7.92. The summed E-state index contributed by atoms with van der Waals surface area (Å²) >= 11 is 6.32. The zero-order valence-electron chi connectivity index (χ0n) is 25.9.